The van der Waals surface area contributed by atoms with Crippen LogP contribution in [0.25, 0.3) is 28.1 Å². The second-order valence-corrected chi connectivity index (χ2v) is 5.23. The number of halogens is 3. The van der Waals surface area contributed by atoms with Gasteiger partial charge in [0, 0.05) is 6.07 Å². The van der Waals surface area contributed by atoms with E-state index in [-0.39, 0.29) is 22.4 Å². The molecule has 0 saturated carbocycles. The number of rotatable bonds is 1. The minimum atomic E-state index is -4.75. The summed E-state index contributed by atoms with van der Waals surface area (Å²) in [6.07, 6.45) is -4.75. The number of aromatic amines is 1. The van der Waals surface area contributed by atoms with Crippen LogP contribution in [0, 0.1) is 0 Å². The Kier molecular flexibility index (Phi) is 3.04. The van der Waals surface area contributed by atoms with E-state index in [0.29, 0.717) is 0 Å². The third-order valence-corrected chi connectivity index (χ3v) is 3.52. The summed E-state index contributed by atoms with van der Waals surface area (Å²) in [5.41, 5.74) is -2.09. The second-order valence-electron chi connectivity index (χ2n) is 5.23. The first-order valence-electron chi connectivity index (χ1n) is 6.99. The number of hydrogen-bond acceptors (Lipinski definition) is 5. The van der Waals surface area contributed by atoms with Gasteiger partial charge < -0.3 is 10.1 Å². The summed E-state index contributed by atoms with van der Waals surface area (Å²) in [5.74, 6) is -0.507. The number of nitrogens with zero attached hydrogens (tertiary/aromatic N) is 4. The molecule has 7 nitrogen and oxygen atoms in total. The summed E-state index contributed by atoms with van der Waals surface area (Å²) >= 11 is 0. The average molecular weight is 347 g/mol. The number of fused-ring (bicyclic) bond motifs is 2. The van der Waals surface area contributed by atoms with Gasteiger partial charge in [-0.25, -0.2) is 9.97 Å². The SMILES string of the molecule is O=c1cc(O)n2nc(-c3nc4ccccc4nc3C(F)(F)F)cc2[nH]1. The zero-order valence-corrected chi connectivity index (χ0v) is 12.2. The Morgan fingerprint density at radius 3 is 2.44 bits per heavy atom. The fourth-order valence-corrected chi connectivity index (χ4v) is 2.48. The Morgan fingerprint density at radius 1 is 1.08 bits per heavy atom. The first-order valence-corrected chi connectivity index (χ1v) is 6.99. The number of para-hydroxylation sites is 2. The van der Waals surface area contributed by atoms with E-state index in [2.05, 4.69) is 20.1 Å². The van der Waals surface area contributed by atoms with E-state index < -0.39 is 29.0 Å². The molecule has 126 valence electrons. The molecule has 3 heterocycles. The summed E-state index contributed by atoms with van der Waals surface area (Å²) in [7, 11) is 0. The molecule has 0 aliphatic rings. The summed E-state index contributed by atoms with van der Waals surface area (Å²) in [6.45, 7) is 0. The van der Waals surface area contributed by atoms with Crippen molar-refractivity contribution < 1.29 is 18.3 Å². The maximum atomic E-state index is 13.4. The maximum absolute atomic E-state index is 13.4. The molecule has 2 N–H and O–H groups in total. The van der Waals surface area contributed by atoms with E-state index in [0.717, 1.165) is 10.6 Å². The van der Waals surface area contributed by atoms with Crippen LogP contribution in [0.1, 0.15) is 5.69 Å². The zero-order valence-electron chi connectivity index (χ0n) is 12.2. The van der Waals surface area contributed by atoms with Gasteiger partial charge in [-0.1, -0.05) is 12.1 Å². The Morgan fingerprint density at radius 2 is 1.76 bits per heavy atom. The number of aromatic nitrogens is 5. The van der Waals surface area contributed by atoms with Crippen LogP contribution in [-0.4, -0.2) is 29.7 Å². The van der Waals surface area contributed by atoms with Gasteiger partial charge in [0.2, 0.25) is 5.88 Å². The molecule has 4 rings (SSSR count). The molecule has 1 aromatic carbocycles. The first kappa shape index (κ1) is 15.1. The topological polar surface area (TPSA) is 96.2 Å². The largest absolute Gasteiger partial charge is 0.493 e. The average Bonchev–Trinajstić information content (AvgIpc) is 2.97. The number of hydrogen-bond donors (Lipinski definition) is 2. The molecular weight excluding hydrogens is 339 g/mol. The molecule has 0 aliphatic heterocycles. The molecule has 0 radical (unpaired) electrons. The fourth-order valence-electron chi connectivity index (χ4n) is 2.48. The highest BCUT2D eigenvalue weighted by Crippen LogP contribution is 2.35. The third-order valence-electron chi connectivity index (χ3n) is 3.52. The molecule has 10 heteroatoms. The van der Waals surface area contributed by atoms with Crippen LogP contribution < -0.4 is 5.56 Å². The van der Waals surface area contributed by atoms with E-state index in [1.54, 1.807) is 12.1 Å². The minimum Gasteiger partial charge on any atom is -0.493 e. The molecular formula is C15H8F3N5O2. The normalized spacial score (nSPS) is 12.1. The lowest BCUT2D eigenvalue weighted by atomic mass is 10.2. The highest BCUT2D eigenvalue weighted by molar-refractivity contribution is 5.78. The highest BCUT2D eigenvalue weighted by atomic mass is 19.4. The van der Waals surface area contributed by atoms with E-state index in [1.165, 1.54) is 18.2 Å². The Bertz CT molecular complexity index is 1180. The van der Waals surface area contributed by atoms with E-state index in [9.17, 15) is 23.1 Å². The van der Waals surface area contributed by atoms with E-state index >= 15 is 0 Å². The predicted molar refractivity (Wildman–Crippen MR) is 81.0 cm³/mol. The van der Waals surface area contributed by atoms with Gasteiger partial charge in [0.15, 0.2) is 5.69 Å². The molecule has 0 bridgehead atoms. The van der Waals surface area contributed by atoms with Gasteiger partial charge in [0.05, 0.1) is 17.1 Å². The number of nitrogens with one attached hydrogen (secondary N) is 1. The first-order chi connectivity index (χ1) is 11.8. The third kappa shape index (κ3) is 2.47. The van der Waals surface area contributed by atoms with Crippen LogP contribution in [0.3, 0.4) is 0 Å². The molecule has 3 aromatic heterocycles. The molecule has 0 unspecified atom stereocenters. The fraction of sp³-hybridized carbons (Fsp3) is 0.0667. The van der Waals surface area contributed by atoms with Crippen LogP contribution in [0.2, 0.25) is 0 Å². The predicted octanol–water partition coefficient (Wildman–Crippen LogP) is 2.36. The van der Waals surface area contributed by atoms with Crippen LogP contribution in [-0.2, 0) is 6.18 Å². The van der Waals surface area contributed by atoms with Gasteiger partial charge in [0.1, 0.15) is 17.0 Å². The van der Waals surface area contributed by atoms with Crippen molar-refractivity contribution in [2.24, 2.45) is 0 Å². The van der Waals surface area contributed by atoms with Crippen molar-refractivity contribution in [1.29, 1.82) is 0 Å². The quantitative estimate of drug-likeness (QED) is 0.551. The molecule has 0 aliphatic carbocycles. The molecule has 25 heavy (non-hydrogen) atoms. The van der Waals surface area contributed by atoms with Gasteiger partial charge in [-0.05, 0) is 12.1 Å². The summed E-state index contributed by atoms with van der Waals surface area (Å²) in [6, 6.07) is 8.19. The molecule has 0 amide bonds. The number of benzene rings is 1. The van der Waals surface area contributed by atoms with E-state index in [1.807, 2.05) is 0 Å². The lowest BCUT2D eigenvalue weighted by Crippen LogP contribution is -2.12. The molecule has 0 spiro atoms. The molecule has 0 atom stereocenters. The summed E-state index contributed by atoms with van der Waals surface area (Å²) < 4.78 is 41.2. The number of aromatic hydroxyl groups is 1. The molecule has 4 aromatic rings. The molecule has 0 saturated heterocycles. The zero-order chi connectivity index (χ0) is 17.8. The summed E-state index contributed by atoms with van der Waals surface area (Å²) in [4.78, 5) is 21.4. The monoisotopic (exact) mass is 347 g/mol. The Hall–Kier alpha value is -3.43. The van der Waals surface area contributed by atoms with Gasteiger partial charge >= 0.3 is 6.18 Å². The van der Waals surface area contributed by atoms with Crippen LogP contribution >= 0.6 is 0 Å². The van der Waals surface area contributed by atoms with E-state index in [4.69, 9.17) is 0 Å². The number of H-pyrrole nitrogens is 1. The smallest absolute Gasteiger partial charge is 0.435 e. The Labute approximate surface area is 136 Å². The van der Waals surface area contributed by atoms with Crippen molar-refractivity contribution >= 4 is 16.7 Å². The van der Waals surface area contributed by atoms with Crippen molar-refractivity contribution in [3.05, 3.63) is 52.4 Å². The van der Waals surface area contributed by atoms with Gasteiger partial charge in [-0.15, -0.1) is 0 Å². The van der Waals surface area contributed by atoms with Crippen LogP contribution in [0.15, 0.2) is 41.2 Å². The lowest BCUT2D eigenvalue weighted by molar-refractivity contribution is -0.140. The van der Waals surface area contributed by atoms with Gasteiger partial charge in [-0.2, -0.15) is 22.8 Å². The molecule has 0 fully saturated rings. The minimum absolute atomic E-state index is 0.0306. The second kappa shape index (κ2) is 5.03. The Balaban J connectivity index is 2.05. The standard InChI is InChI=1S/C15H8F3N5O2/c16-15(17,18)14-13(19-7-3-1-2-4-8(7)20-14)9-5-10-21-11(24)6-12(25)23(10)22-9/h1-6,25H,(H,21,24). The number of alkyl halides is 3. The van der Waals surface area contributed by atoms with Crippen molar-refractivity contribution in [3.63, 3.8) is 0 Å². The maximum Gasteiger partial charge on any atom is 0.435 e. The highest BCUT2D eigenvalue weighted by Gasteiger charge is 2.38. The van der Waals surface area contributed by atoms with Crippen molar-refractivity contribution in [2.45, 2.75) is 6.18 Å². The van der Waals surface area contributed by atoms with Crippen molar-refractivity contribution in [1.82, 2.24) is 24.6 Å². The van der Waals surface area contributed by atoms with Crippen LogP contribution in [0.5, 0.6) is 5.88 Å². The summed E-state index contributed by atoms with van der Waals surface area (Å²) in [5, 5.41) is 13.6. The van der Waals surface area contributed by atoms with Gasteiger partial charge in [-0.3, -0.25) is 4.79 Å². The van der Waals surface area contributed by atoms with Crippen molar-refractivity contribution in [3.8, 4) is 17.3 Å². The van der Waals surface area contributed by atoms with Gasteiger partial charge in [0.25, 0.3) is 5.56 Å². The van der Waals surface area contributed by atoms with Crippen molar-refractivity contribution in [2.75, 3.05) is 0 Å². The van der Waals surface area contributed by atoms with Crippen LogP contribution in [0.4, 0.5) is 13.2 Å². The lowest BCUT2D eigenvalue weighted by Gasteiger charge is -2.10.